The molecule has 9 nitrogen and oxygen atoms in total. The summed E-state index contributed by atoms with van der Waals surface area (Å²) < 4.78 is 30.9. The number of halogens is 1. The minimum atomic E-state index is -4.23. The molecule has 0 unspecified atom stereocenters. The molecule has 0 spiro atoms. The summed E-state index contributed by atoms with van der Waals surface area (Å²) >= 11 is 5.95. The van der Waals surface area contributed by atoms with E-state index in [-0.39, 0.29) is 46.0 Å². The van der Waals surface area contributed by atoms with Crippen molar-refractivity contribution in [3.8, 4) is 5.69 Å². The monoisotopic (exact) mass is 445 g/mol. The lowest BCUT2D eigenvalue weighted by Crippen LogP contribution is -2.22. The SMILES string of the molecule is CCc1cc(-n2oc(C(C)(C)C)c(CCl)c2=O)c([N+](=O)[O-])c(CC)c1S(N)(=O)=O. The Labute approximate surface area is 173 Å². The zero-order chi connectivity index (χ0) is 22.3. The fourth-order valence-corrected chi connectivity index (χ4v) is 4.72. The maximum atomic E-state index is 12.9. The summed E-state index contributed by atoms with van der Waals surface area (Å²) in [6.07, 6.45) is 0.251. The van der Waals surface area contributed by atoms with Crippen LogP contribution in [0.25, 0.3) is 5.69 Å². The van der Waals surface area contributed by atoms with Gasteiger partial charge in [0, 0.05) is 5.41 Å². The van der Waals surface area contributed by atoms with E-state index >= 15 is 0 Å². The summed E-state index contributed by atoms with van der Waals surface area (Å²) in [5.41, 5.74) is -1.50. The number of rotatable bonds is 6. The fraction of sp³-hybridized carbons (Fsp3) is 0.500. The smallest absolute Gasteiger partial charge is 0.301 e. The van der Waals surface area contributed by atoms with Crippen LogP contribution < -0.4 is 10.7 Å². The number of hydrogen-bond acceptors (Lipinski definition) is 6. The Hall–Kier alpha value is -2.17. The molecule has 0 aliphatic heterocycles. The molecule has 0 saturated carbocycles. The lowest BCUT2D eigenvalue weighted by Gasteiger charge is -2.16. The quantitative estimate of drug-likeness (QED) is 0.411. The molecule has 11 heteroatoms. The van der Waals surface area contributed by atoms with E-state index in [4.69, 9.17) is 21.3 Å². The highest BCUT2D eigenvalue weighted by molar-refractivity contribution is 7.89. The standard InChI is InChI=1S/C18H24ClN3O6S/c1-6-10-8-13(14(22(24)25)11(7-2)15(10)29(20,26)27)21-17(23)12(9-19)16(28-21)18(3,4)5/h8H,6-7,9H2,1-5H3,(H2,20,26,27). The highest BCUT2D eigenvalue weighted by Crippen LogP contribution is 2.36. The Morgan fingerprint density at radius 2 is 1.83 bits per heavy atom. The van der Waals surface area contributed by atoms with E-state index in [0.29, 0.717) is 5.76 Å². The Bertz CT molecular complexity index is 1130. The molecule has 1 aromatic heterocycles. The third-order valence-electron chi connectivity index (χ3n) is 4.54. The number of nitrogens with two attached hydrogens (primary N) is 1. The van der Waals surface area contributed by atoms with Gasteiger partial charge < -0.3 is 4.52 Å². The number of hydrogen-bond donors (Lipinski definition) is 1. The summed E-state index contributed by atoms with van der Waals surface area (Å²) in [7, 11) is -4.23. The van der Waals surface area contributed by atoms with E-state index in [1.807, 2.05) is 20.8 Å². The second-order valence-electron chi connectivity index (χ2n) is 7.60. The van der Waals surface area contributed by atoms with Crippen molar-refractivity contribution in [1.82, 2.24) is 4.74 Å². The van der Waals surface area contributed by atoms with Gasteiger partial charge in [-0.3, -0.25) is 14.9 Å². The number of sulfonamides is 1. The van der Waals surface area contributed by atoms with Gasteiger partial charge in [0.05, 0.1) is 26.8 Å². The van der Waals surface area contributed by atoms with Crippen molar-refractivity contribution in [2.75, 3.05) is 0 Å². The van der Waals surface area contributed by atoms with Crippen LogP contribution in [0.15, 0.2) is 20.3 Å². The average molecular weight is 446 g/mol. The molecule has 29 heavy (non-hydrogen) atoms. The van der Waals surface area contributed by atoms with E-state index in [9.17, 15) is 23.3 Å². The molecule has 0 radical (unpaired) electrons. The van der Waals surface area contributed by atoms with Gasteiger partial charge in [0.2, 0.25) is 10.0 Å². The van der Waals surface area contributed by atoms with Gasteiger partial charge in [-0.15, -0.1) is 16.3 Å². The Balaban J connectivity index is 3.08. The summed E-state index contributed by atoms with van der Waals surface area (Å²) in [4.78, 5) is 23.8. The third-order valence-corrected chi connectivity index (χ3v) is 5.88. The number of nitro benzene ring substituents is 1. The number of alkyl halides is 1. The van der Waals surface area contributed by atoms with Gasteiger partial charge in [-0.25, -0.2) is 13.6 Å². The van der Waals surface area contributed by atoms with Gasteiger partial charge >= 0.3 is 5.69 Å². The van der Waals surface area contributed by atoms with Crippen molar-refractivity contribution in [2.45, 2.75) is 63.7 Å². The van der Waals surface area contributed by atoms with E-state index in [1.165, 1.54) is 6.07 Å². The fourth-order valence-electron chi connectivity index (χ4n) is 3.33. The molecular formula is C18H24ClN3O6S. The summed E-state index contributed by atoms with van der Waals surface area (Å²) in [5, 5.41) is 17.3. The number of aromatic nitrogens is 1. The van der Waals surface area contributed by atoms with E-state index in [0.717, 1.165) is 4.74 Å². The molecule has 0 aliphatic carbocycles. The first-order chi connectivity index (χ1) is 13.3. The lowest BCUT2D eigenvalue weighted by molar-refractivity contribution is -0.385. The second-order valence-corrected chi connectivity index (χ2v) is 9.37. The molecule has 0 saturated heterocycles. The first-order valence-corrected chi connectivity index (χ1v) is 11.1. The van der Waals surface area contributed by atoms with E-state index < -0.39 is 31.6 Å². The van der Waals surface area contributed by atoms with Crippen molar-refractivity contribution >= 4 is 27.3 Å². The normalized spacial score (nSPS) is 12.4. The Kier molecular flexibility index (Phi) is 6.32. The number of primary sulfonamides is 1. The number of nitro groups is 1. The van der Waals surface area contributed by atoms with Crippen LogP contribution in [0.2, 0.25) is 0 Å². The van der Waals surface area contributed by atoms with Gasteiger partial charge in [0.25, 0.3) is 5.56 Å². The zero-order valence-corrected chi connectivity index (χ0v) is 18.5. The lowest BCUT2D eigenvalue weighted by atomic mass is 9.91. The van der Waals surface area contributed by atoms with Crippen molar-refractivity contribution in [3.63, 3.8) is 0 Å². The van der Waals surface area contributed by atoms with Crippen LogP contribution in [0, 0.1) is 10.1 Å². The highest BCUT2D eigenvalue weighted by Gasteiger charge is 2.34. The van der Waals surface area contributed by atoms with Crippen molar-refractivity contribution in [2.24, 2.45) is 5.14 Å². The highest BCUT2D eigenvalue weighted by atomic mass is 35.5. The predicted molar refractivity (Wildman–Crippen MR) is 109 cm³/mol. The molecule has 160 valence electrons. The third kappa shape index (κ3) is 4.10. The van der Waals surface area contributed by atoms with Crippen molar-refractivity contribution < 1.29 is 17.9 Å². The Morgan fingerprint density at radius 3 is 2.17 bits per heavy atom. The largest absolute Gasteiger partial charge is 0.375 e. The number of aryl methyl sites for hydroxylation is 1. The minimum absolute atomic E-state index is 0.0207. The summed E-state index contributed by atoms with van der Waals surface area (Å²) in [6.45, 7) is 8.72. The summed E-state index contributed by atoms with van der Waals surface area (Å²) in [5.74, 6) is 0.171. The maximum absolute atomic E-state index is 12.9. The molecule has 1 heterocycles. The Morgan fingerprint density at radius 1 is 1.24 bits per heavy atom. The second kappa shape index (κ2) is 7.92. The van der Waals surface area contributed by atoms with Crippen LogP contribution in [-0.2, 0) is 34.2 Å². The van der Waals surface area contributed by atoms with Crippen LogP contribution in [0.3, 0.4) is 0 Å². The molecule has 2 N–H and O–H groups in total. The molecular weight excluding hydrogens is 422 g/mol. The minimum Gasteiger partial charge on any atom is -0.375 e. The van der Waals surface area contributed by atoms with Crippen LogP contribution in [-0.4, -0.2) is 18.1 Å². The molecule has 2 aromatic rings. The molecule has 0 bridgehead atoms. The number of nitrogens with zero attached hydrogens (tertiary/aromatic N) is 2. The van der Waals surface area contributed by atoms with Crippen molar-refractivity contribution in [3.05, 3.63) is 49.0 Å². The first-order valence-electron chi connectivity index (χ1n) is 8.97. The number of benzene rings is 1. The van der Waals surface area contributed by atoms with Gasteiger partial charge in [-0.2, -0.15) is 0 Å². The van der Waals surface area contributed by atoms with Crippen LogP contribution in [0.4, 0.5) is 5.69 Å². The van der Waals surface area contributed by atoms with Crippen LogP contribution >= 0.6 is 11.6 Å². The van der Waals surface area contributed by atoms with Gasteiger partial charge in [-0.1, -0.05) is 34.6 Å². The van der Waals surface area contributed by atoms with Crippen LogP contribution in [0.5, 0.6) is 0 Å². The molecule has 0 aliphatic rings. The maximum Gasteiger partial charge on any atom is 0.301 e. The zero-order valence-electron chi connectivity index (χ0n) is 16.9. The topological polar surface area (TPSA) is 138 Å². The van der Waals surface area contributed by atoms with Gasteiger partial charge in [0.15, 0.2) is 5.69 Å². The summed E-state index contributed by atoms with van der Waals surface area (Å²) in [6, 6.07) is 1.27. The molecule has 0 atom stereocenters. The first kappa shape index (κ1) is 23.1. The van der Waals surface area contributed by atoms with E-state index in [1.54, 1.807) is 13.8 Å². The molecule has 0 fully saturated rings. The molecule has 1 aromatic carbocycles. The van der Waals surface area contributed by atoms with E-state index in [2.05, 4.69) is 0 Å². The molecule has 2 rings (SSSR count). The van der Waals surface area contributed by atoms with Gasteiger partial charge in [0.1, 0.15) is 5.76 Å². The molecule has 0 amide bonds. The van der Waals surface area contributed by atoms with Crippen LogP contribution in [0.1, 0.15) is 57.1 Å². The van der Waals surface area contributed by atoms with Crippen molar-refractivity contribution in [1.29, 1.82) is 0 Å². The average Bonchev–Trinajstić information content (AvgIpc) is 2.95. The predicted octanol–water partition coefficient (Wildman–Crippen LogP) is 3.15. The van der Waals surface area contributed by atoms with Gasteiger partial charge in [-0.05, 0) is 24.5 Å².